The predicted octanol–water partition coefficient (Wildman–Crippen LogP) is 4.74. The van der Waals surface area contributed by atoms with Gasteiger partial charge in [-0.15, -0.1) is 0 Å². The van der Waals surface area contributed by atoms with E-state index in [1.165, 1.54) is 24.3 Å². The van der Waals surface area contributed by atoms with E-state index in [0.717, 1.165) is 15.6 Å². The van der Waals surface area contributed by atoms with Crippen LogP contribution in [0.15, 0.2) is 73.5 Å². The number of benzene rings is 2. The van der Waals surface area contributed by atoms with Crippen LogP contribution < -0.4 is 5.32 Å². The van der Waals surface area contributed by atoms with Crippen LogP contribution in [0.1, 0.15) is 21.7 Å². The summed E-state index contributed by atoms with van der Waals surface area (Å²) >= 11 is 3.26. The number of nitrogens with one attached hydrogen (secondary N) is 1. The monoisotopic (exact) mass is 433 g/mol. The van der Waals surface area contributed by atoms with Gasteiger partial charge in [0.2, 0.25) is 14.9 Å². The van der Waals surface area contributed by atoms with E-state index in [-0.39, 0.29) is 15.7 Å². The molecule has 0 saturated carbocycles. The SMILES string of the molecule is Cc1ccc(NC(=O)c2ccc(S(=O)(=O)c3ccc(Br)cc3)o2)cc1C. The summed E-state index contributed by atoms with van der Waals surface area (Å²) in [7, 11) is -3.82. The number of aryl methyl sites for hydroxylation is 2. The number of amides is 1. The molecule has 0 spiro atoms. The van der Waals surface area contributed by atoms with Gasteiger partial charge in [0.15, 0.2) is 5.76 Å². The summed E-state index contributed by atoms with van der Waals surface area (Å²) in [5, 5.41) is 2.43. The quantitative estimate of drug-likeness (QED) is 0.644. The lowest BCUT2D eigenvalue weighted by Crippen LogP contribution is -2.11. The van der Waals surface area contributed by atoms with Crippen molar-refractivity contribution in [3.05, 3.63) is 76.0 Å². The van der Waals surface area contributed by atoms with Crippen molar-refractivity contribution in [2.24, 2.45) is 0 Å². The van der Waals surface area contributed by atoms with E-state index in [9.17, 15) is 13.2 Å². The smallest absolute Gasteiger partial charge is 0.291 e. The van der Waals surface area contributed by atoms with Gasteiger partial charge in [-0.05, 0) is 73.5 Å². The zero-order valence-corrected chi connectivity index (χ0v) is 16.5. The van der Waals surface area contributed by atoms with E-state index < -0.39 is 15.7 Å². The van der Waals surface area contributed by atoms with Gasteiger partial charge in [0.25, 0.3) is 5.91 Å². The average molecular weight is 434 g/mol. The van der Waals surface area contributed by atoms with Gasteiger partial charge in [0.05, 0.1) is 4.90 Å². The minimum atomic E-state index is -3.82. The third kappa shape index (κ3) is 3.73. The first-order valence-electron chi connectivity index (χ1n) is 7.76. The molecule has 3 rings (SSSR count). The zero-order valence-electron chi connectivity index (χ0n) is 14.1. The van der Waals surface area contributed by atoms with Crippen LogP contribution in [-0.2, 0) is 9.84 Å². The third-order valence-corrected chi connectivity index (χ3v) is 6.13. The summed E-state index contributed by atoms with van der Waals surface area (Å²) in [6.07, 6.45) is 0. The highest BCUT2D eigenvalue weighted by Gasteiger charge is 2.23. The zero-order chi connectivity index (χ0) is 18.9. The average Bonchev–Trinajstić information content (AvgIpc) is 3.10. The standard InChI is InChI=1S/C19H16BrNO4S/c1-12-3-6-15(11-13(12)2)21-19(22)17-9-10-18(25-17)26(23,24)16-7-4-14(20)5-8-16/h3-11H,1-2H3,(H,21,22). The van der Waals surface area contributed by atoms with Gasteiger partial charge in [0.1, 0.15) is 0 Å². The van der Waals surface area contributed by atoms with Crippen molar-refractivity contribution in [3.8, 4) is 0 Å². The predicted molar refractivity (Wildman–Crippen MR) is 102 cm³/mol. The molecule has 134 valence electrons. The second kappa shape index (κ2) is 7.09. The molecule has 1 aromatic heterocycles. The molecule has 1 N–H and O–H groups in total. The summed E-state index contributed by atoms with van der Waals surface area (Å²) in [6.45, 7) is 3.92. The van der Waals surface area contributed by atoms with Crippen molar-refractivity contribution in [2.75, 3.05) is 5.32 Å². The Morgan fingerprint density at radius 1 is 0.962 bits per heavy atom. The Kier molecular flexibility index (Phi) is 5.02. The Labute approximate surface area is 160 Å². The number of hydrogen-bond donors (Lipinski definition) is 1. The van der Waals surface area contributed by atoms with Crippen LogP contribution >= 0.6 is 15.9 Å². The van der Waals surface area contributed by atoms with Crippen LogP contribution in [0.5, 0.6) is 0 Å². The lowest BCUT2D eigenvalue weighted by atomic mass is 10.1. The molecule has 0 saturated heterocycles. The summed E-state index contributed by atoms with van der Waals surface area (Å²) in [5.41, 5.74) is 2.77. The molecular formula is C19H16BrNO4S. The van der Waals surface area contributed by atoms with Crippen molar-refractivity contribution >= 4 is 37.4 Å². The minimum absolute atomic E-state index is 0.0704. The van der Waals surface area contributed by atoms with Crippen molar-refractivity contribution in [1.82, 2.24) is 0 Å². The lowest BCUT2D eigenvalue weighted by molar-refractivity contribution is 0.0991. The van der Waals surface area contributed by atoms with Gasteiger partial charge in [-0.3, -0.25) is 4.79 Å². The van der Waals surface area contributed by atoms with Crippen molar-refractivity contribution in [2.45, 2.75) is 23.8 Å². The van der Waals surface area contributed by atoms with Crippen LogP contribution in [0.2, 0.25) is 0 Å². The Balaban J connectivity index is 1.83. The van der Waals surface area contributed by atoms with E-state index >= 15 is 0 Å². The number of rotatable bonds is 4. The lowest BCUT2D eigenvalue weighted by Gasteiger charge is -2.06. The van der Waals surface area contributed by atoms with Crippen molar-refractivity contribution in [1.29, 1.82) is 0 Å². The molecule has 0 bridgehead atoms. The Bertz CT molecular complexity index is 1070. The van der Waals surface area contributed by atoms with Gasteiger partial charge in [-0.2, -0.15) is 0 Å². The van der Waals surface area contributed by atoms with Crippen molar-refractivity contribution < 1.29 is 17.6 Å². The van der Waals surface area contributed by atoms with Gasteiger partial charge in [-0.25, -0.2) is 8.42 Å². The van der Waals surface area contributed by atoms with Crippen LogP contribution in [0.3, 0.4) is 0 Å². The first-order valence-corrected chi connectivity index (χ1v) is 10.0. The molecule has 0 radical (unpaired) electrons. The molecule has 0 aliphatic rings. The maximum absolute atomic E-state index is 12.6. The van der Waals surface area contributed by atoms with Gasteiger partial charge >= 0.3 is 0 Å². The van der Waals surface area contributed by atoms with Crippen LogP contribution in [0, 0.1) is 13.8 Å². The first-order chi connectivity index (χ1) is 12.3. The number of furan rings is 1. The summed E-state index contributed by atoms with van der Waals surface area (Å²) in [4.78, 5) is 12.4. The molecule has 0 unspecified atom stereocenters. The Morgan fingerprint density at radius 3 is 2.31 bits per heavy atom. The number of sulfone groups is 1. The van der Waals surface area contributed by atoms with Crippen LogP contribution in [0.4, 0.5) is 5.69 Å². The van der Waals surface area contributed by atoms with E-state index in [1.807, 2.05) is 26.0 Å². The third-order valence-electron chi connectivity index (χ3n) is 3.96. The number of carbonyl (C=O) groups is 1. The minimum Gasteiger partial charge on any atom is -0.439 e. The molecule has 0 aliphatic carbocycles. The van der Waals surface area contributed by atoms with E-state index in [1.54, 1.807) is 18.2 Å². The number of hydrogen-bond acceptors (Lipinski definition) is 4. The van der Waals surface area contributed by atoms with Gasteiger partial charge in [-0.1, -0.05) is 22.0 Å². The number of halogens is 1. The van der Waals surface area contributed by atoms with Gasteiger partial charge < -0.3 is 9.73 Å². The maximum Gasteiger partial charge on any atom is 0.291 e. The molecule has 5 nitrogen and oxygen atoms in total. The van der Waals surface area contributed by atoms with Crippen LogP contribution in [-0.4, -0.2) is 14.3 Å². The molecule has 0 atom stereocenters. The molecule has 26 heavy (non-hydrogen) atoms. The fraction of sp³-hybridized carbons (Fsp3) is 0.105. The molecule has 0 aliphatic heterocycles. The molecule has 0 fully saturated rings. The number of anilines is 1. The molecular weight excluding hydrogens is 418 g/mol. The summed E-state index contributed by atoms with van der Waals surface area (Å²) in [6, 6.07) is 14.4. The van der Waals surface area contributed by atoms with E-state index in [2.05, 4.69) is 21.2 Å². The largest absolute Gasteiger partial charge is 0.439 e. The second-order valence-corrected chi connectivity index (χ2v) is 8.63. The molecule has 2 aromatic carbocycles. The summed E-state index contributed by atoms with van der Waals surface area (Å²) < 4.78 is 31.2. The topological polar surface area (TPSA) is 76.4 Å². The van der Waals surface area contributed by atoms with Gasteiger partial charge in [0, 0.05) is 10.2 Å². The Morgan fingerprint density at radius 2 is 1.65 bits per heavy atom. The molecule has 7 heteroatoms. The highest BCUT2D eigenvalue weighted by atomic mass is 79.9. The second-order valence-electron chi connectivity index (χ2n) is 5.83. The fourth-order valence-electron chi connectivity index (χ4n) is 2.33. The number of carbonyl (C=O) groups excluding carboxylic acids is 1. The van der Waals surface area contributed by atoms with Crippen molar-refractivity contribution in [3.63, 3.8) is 0 Å². The highest BCUT2D eigenvalue weighted by Crippen LogP contribution is 2.25. The van der Waals surface area contributed by atoms with E-state index in [0.29, 0.717) is 5.69 Å². The molecule has 1 amide bonds. The van der Waals surface area contributed by atoms with Crippen LogP contribution in [0.25, 0.3) is 0 Å². The normalized spacial score (nSPS) is 11.3. The highest BCUT2D eigenvalue weighted by molar-refractivity contribution is 9.10. The first kappa shape index (κ1) is 18.4. The summed E-state index contributed by atoms with van der Waals surface area (Å²) in [5.74, 6) is -0.579. The Hall–Kier alpha value is -2.38. The maximum atomic E-state index is 12.6. The molecule has 3 aromatic rings. The molecule has 1 heterocycles. The van der Waals surface area contributed by atoms with E-state index in [4.69, 9.17) is 4.42 Å². The fourth-order valence-corrected chi connectivity index (χ4v) is 3.77.